The Morgan fingerprint density at radius 2 is 1.70 bits per heavy atom. The molecule has 8 fully saturated rings. The number of aliphatic hydroxyl groups is 2. The van der Waals surface area contributed by atoms with Crippen molar-refractivity contribution in [2.45, 2.75) is 119 Å². The summed E-state index contributed by atoms with van der Waals surface area (Å²) in [6, 6.07) is 0. The van der Waals surface area contributed by atoms with E-state index >= 15 is 0 Å². The molecule has 218 valence electrons. The van der Waals surface area contributed by atoms with Gasteiger partial charge in [0.2, 0.25) is 11.6 Å². The molecule has 0 radical (unpaired) electrons. The number of rotatable bonds is 0. The van der Waals surface area contributed by atoms with Gasteiger partial charge in [-0.15, -0.1) is 0 Å². The number of hydrogen-bond acceptors (Lipinski definition) is 11. The van der Waals surface area contributed by atoms with Gasteiger partial charge in [-0.3, -0.25) is 14.4 Å². The van der Waals surface area contributed by atoms with E-state index in [2.05, 4.69) is 0 Å². The maximum absolute atomic E-state index is 14.8. The highest BCUT2D eigenvalue weighted by atomic mass is 16.7. The largest absolute Gasteiger partial charge is 0.457 e. The fourth-order valence-corrected chi connectivity index (χ4v) is 10.8. The van der Waals surface area contributed by atoms with Crippen LogP contribution in [0.25, 0.3) is 0 Å². The lowest BCUT2D eigenvalue weighted by molar-refractivity contribution is -0.339. The molecule has 2 N–H and O–H groups in total. The van der Waals surface area contributed by atoms with Crippen LogP contribution in [0.4, 0.5) is 0 Å². The summed E-state index contributed by atoms with van der Waals surface area (Å²) in [5.74, 6) is -7.18. The lowest BCUT2D eigenvalue weighted by Crippen LogP contribution is -2.66. The summed E-state index contributed by atoms with van der Waals surface area (Å²) in [5.41, 5.74) is -6.25. The van der Waals surface area contributed by atoms with Crippen LogP contribution in [0.15, 0.2) is 0 Å². The van der Waals surface area contributed by atoms with Gasteiger partial charge in [-0.25, -0.2) is 4.79 Å². The molecular formula is C29H36O11. The number of aliphatic hydroxyl groups excluding tert-OH is 1. The average Bonchev–Trinajstić information content (AvgIpc) is 3.43. The summed E-state index contributed by atoms with van der Waals surface area (Å²) in [7, 11) is 0. The molecule has 2 saturated carbocycles. The third-order valence-corrected chi connectivity index (χ3v) is 12.4. The molecule has 11 heteroatoms. The zero-order chi connectivity index (χ0) is 28.6. The number of ether oxygens (including phenoxy) is 5. The van der Waals surface area contributed by atoms with Gasteiger partial charge in [0.05, 0.1) is 29.6 Å². The zero-order valence-corrected chi connectivity index (χ0v) is 23.3. The van der Waals surface area contributed by atoms with Gasteiger partial charge in [0.25, 0.3) is 0 Å². The molecule has 0 unspecified atom stereocenters. The van der Waals surface area contributed by atoms with Crippen LogP contribution < -0.4 is 0 Å². The van der Waals surface area contributed by atoms with Gasteiger partial charge in [0.15, 0.2) is 5.60 Å². The van der Waals surface area contributed by atoms with Crippen molar-refractivity contribution in [3.05, 3.63) is 0 Å². The van der Waals surface area contributed by atoms with E-state index < -0.39 is 99.4 Å². The SMILES string of the molecule is C[C@@H]1C(=O)[C@]2(C)CC[C@@]34C[C@@]56OC(=O)C[C@@H]5OC(C)(C)[C@H]6C[C@@H](O)[C@@H]3C(=O)[C@]3(O[C@@H]5[C@@H](OC(=O)[C@@]5(C)O)[C@H]1[C@@H]32)O4. The summed E-state index contributed by atoms with van der Waals surface area (Å²) in [6.45, 7) is 8.72. The molecule has 6 aliphatic heterocycles. The molecule has 8 rings (SSSR count). The molecule has 11 nitrogen and oxygen atoms in total. The van der Waals surface area contributed by atoms with Crippen molar-refractivity contribution in [2.75, 3.05) is 0 Å². The second kappa shape index (κ2) is 6.99. The molecule has 0 aromatic rings. The molecule has 0 amide bonds. The summed E-state index contributed by atoms with van der Waals surface area (Å²) in [4.78, 5) is 54.3. The van der Waals surface area contributed by atoms with E-state index in [-0.39, 0.29) is 37.4 Å². The van der Waals surface area contributed by atoms with E-state index in [9.17, 15) is 29.4 Å². The second-order valence-electron chi connectivity index (χ2n) is 14.7. The Balaban J connectivity index is 1.33. The van der Waals surface area contributed by atoms with Gasteiger partial charge in [0, 0.05) is 35.5 Å². The van der Waals surface area contributed by atoms with Crippen LogP contribution in [0, 0.1) is 35.0 Å². The number of esters is 2. The predicted molar refractivity (Wildman–Crippen MR) is 130 cm³/mol. The monoisotopic (exact) mass is 560 g/mol. The summed E-state index contributed by atoms with van der Waals surface area (Å²) >= 11 is 0. The van der Waals surface area contributed by atoms with Gasteiger partial charge < -0.3 is 33.9 Å². The van der Waals surface area contributed by atoms with Crippen molar-refractivity contribution in [3.63, 3.8) is 0 Å². The van der Waals surface area contributed by atoms with Crippen molar-refractivity contribution < 1.29 is 53.1 Å². The Hall–Kier alpha value is -1.92. The second-order valence-corrected chi connectivity index (χ2v) is 14.7. The van der Waals surface area contributed by atoms with Gasteiger partial charge in [-0.05, 0) is 40.0 Å². The lowest BCUT2D eigenvalue weighted by Gasteiger charge is -2.50. The fourth-order valence-electron chi connectivity index (χ4n) is 10.8. The standard InChI is InChI=1S/C29H36O11/c1-11-16-18-22(26(5,35)23(34)36-18)39-29-19(16)25(4,20(11)32)6-7-27(40-29)10-28-13(8-12(30)17(27)21(29)33)24(2,3)37-14(28)9-15(31)38-28/h11-14,16-19,22,30,35H,6-10H2,1-5H3/t11-,12+,13+,14-,16-,17+,18-,19+,22+,25+,26-,27+,28-,29+/m0/s1. The van der Waals surface area contributed by atoms with Crippen LogP contribution in [0.5, 0.6) is 0 Å². The maximum atomic E-state index is 14.8. The van der Waals surface area contributed by atoms with Crippen LogP contribution in [0.3, 0.4) is 0 Å². The number of carbonyl (C=O) groups is 4. The van der Waals surface area contributed by atoms with E-state index in [1.165, 1.54) is 6.92 Å². The summed E-state index contributed by atoms with van der Waals surface area (Å²) in [5, 5.41) is 23.0. The summed E-state index contributed by atoms with van der Waals surface area (Å²) in [6.07, 6.45) is -2.95. The van der Waals surface area contributed by atoms with Crippen molar-refractivity contribution in [3.8, 4) is 0 Å². The number of carbonyl (C=O) groups excluding carboxylic acids is 4. The van der Waals surface area contributed by atoms with E-state index in [0.717, 1.165) is 0 Å². The van der Waals surface area contributed by atoms with Crippen LogP contribution in [0.2, 0.25) is 0 Å². The van der Waals surface area contributed by atoms with Crippen LogP contribution in [-0.2, 0) is 42.9 Å². The first-order valence-electron chi connectivity index (χ1n) is 14.5. The van der Waals surface area contributed by atoms with E-state index in [0.29, 0.717) is 6.42 Å². The Kier molecular flexibility index (Phi) is 4.50. The molecule has 14 atom stereocenters. The third-order valence-electron chi connectivity index (χ3n) is 12.4. The molecule has 0 aromatic heterocycles. The minimum absolute atomic E-state index is 0.0636. The fraction of sp³-hybridized carbons (Fsp3) is 0.862. The van der Waals surface area contributed by atoms with Crippen molar-refractivity contribution in [2.24, 2.45) is 35.0 Å². The molecule has 2 aliphatic carbocycles. The van der Waals surface area contributed by atoms with E-state index in [4.69, 9.17) is 23.7 Å². The van der Waals surface area contributed by atoms with Gasteiger partial charge >= 0.3 is 11.9 Å². The Labute approximate surface area is 231 Å². The highest BCUT2D eigenvalue weighted by Gasteiger charge is 2.84. The predicted octanol–water partition coefficient (Wildman–Crippen LogP) is 0.598. The summed E-state index contributed by atoms with van der Waals surface area (Å²) < 4.78 is 31.6. The molecule has 6 heterocycles. The highest BCUT2D eigenvalue weighted by molar-refractivity contribution is 5.98. The quantitative estimate of drug-likeness (QED) is 0.400. The number of fused-ring (bicyclic) bond motifs is 2. The van der Waals surface area contributed by atoms with Gasteiger partial charge in [-0.2, -0.15) is 0 Å². The Morgan fingerprint density at radius 3 is 2.42 bits per heavy atom. The number of Topliss-reactive ketones (excluding diaryl/α,β-unsaturated/α-hetero) is 2. The smallest absolute Gasteiger partial charge is 0.341 e. The van der Waals surface area contributed by atoms with Crippen molar-refractivity contribution >= 4 is 23.5 Å². The number of hydrogen-bond donors (Lipinski definition) is 2. The first-order chi connectivity index (χ1) is 18.5. The molecule has 3 spiro atoms. The Bertz CT molecular complexity index is 1290. The molecule has 40 heavy (non-hydrogen) atoms. The normalized spacial score (nSPS) is 60.6. The average molecular weight is 561 g/mol. The van der Waals surface area contributed by atoms with Crippen LogP contribution in [-0.4, -0.2) is 86.3 Å². The van der Waals surface area contributed by atoms with Gasteiger partial charge in [0.1, 0.15) is 29.7 Å². The first-order valence-corrected chi connectivity index (χ1v) is 14.5. The van der Waals surface area contributed by atoms with Crippen molar-refractivity contribution in [1.82, 2.24) is 0 Å². The molecule has 0 aromatic carbocycles. The van der Waals surface area contributed by atoms with Crippen molar-refractivity contribution in [1.29, 1.82) is 0 Å². The molecule has 8 aliphatic rings. The maximum Gasteiger partial charge on any atom is 0.341 e. The van der Waals surface area contributed by atoms with E-state index in [1.807, 2.05) is 20.8 Å². The van der Waals surface area contributed by atoms with Crippen LogP contribution >= 0.6 is 0 Å². The molecule has 6 saturated heterocycles. The van der Waals surface area contributed by atoms with E-state index in [1.54, 1.807) is 6.92 Å². The third kappa shape index (κ3) is 2.55. The highest BCUT2D eigenvalue weighted by Crippen LogP contribution is 2.71. The minimum atomic E-state index is -2.06. The van der Waals surface area contributed by atoms with Crippen LogP contribution in [0.1, 0.15) is 66.7 Å². The molecule has 2 bridgehead atoms. The first kappa shape index (κ1) is 25.8. The topological polar surface area (TPSA) is 155 Å². The number of ketones is 2. The minimum Gasteiger partial charge on any atom is -0.457 e. The molecular weight excluding hydrogens is 524 g/mol. The zero-order valence-electron chi connectivity index (χ0n) is 23.3. The van der Waals surface area contributed by atoms with Gasteiger partial charge in [-0.1, -0.05) is 13.8 Å². The Morgan fingerprint density at radius 1 is 0.975 bits per heavy atom. The lowest BCUT2D eigenvalue weighted by atomic mass is 9.60.